The summed E-state index contributed by atoms with van der Waals surface area (Å²) in [4.78, 5) is 13.3. The summed E-state index contributed by atoms with van der Waals surface area (Å²) in [6.07, 6.45) is 1.97. The number of benzene rings is 2. The second-order valence-corrected chi connectivity index (χ2v) is 5.84. The van der Waals surface area contributed by atoms with Gasteiger partial charge in [-0.25, -0.2) is 0 Å². The molecule has 0 atom stereocenters. The van der Waals surface area contributed by atoms with Gasteiger partial charge in [0.25, 0.3) is 5.91 Å². The Balaban J connectivity index is 2.28. The van der Waals surface area contributed by atoms with Gasteiger partial charge in [0.2, 0.25) is 0 Å². The first-order chi connectivity index (χ1) is 9.11. The van der Waals surface area contributed by atoms with Crippen molar-refractivity contribution >= 4 is 39.3 Å². The molecule has 0 fully saturated rings. The number of aryl methyl sites for hydroxylation is 1. The van der Waals surface area contributed by atoms with Crippen LogP contribution in [0.3, 0.4) is 0 Å². The van der Waals surface area contributed by atoms with Crippen LogP contribution in [-0.2, 0) is 0 Å². The van der Waals surface area contributed by atoms with E-state index in [1.807, 2.05) is 55.6 Å². The summed E-state index contributed by atoms with van der Waals surface area (Å²) in [5, 5.41) is 2.94. The molecule has 0 heterocycles. The van der Waals surface area contributed by atoms with Crippen molar-refractivity contribution in [1.29, 1.82) is 0 Å². The van der Waals surface area contributed by atoms with E-state index in [2.05, 4.69) is 21.2 Å². The number of amides is 1. The van der Waals surface area contributed by atoms with Gasteiger partial charge >= 0.3 is 0 Å². The van der Waals surface area contributed by atoms with Crippen LogP contribution in [0.1, 0.15) is 15.9 Å². The van der Waals surface area contributed by atoms with Crippen molar-refractivity contribution in [3.05, 3.63) is 58.1 Å². The molecule has 0 spiro atoms. The zero-order valence-electron chi connectivity index (χ0n) is 10.7. The Labute approximate surface area is 125 Å². The molecule has 0 unspecified atom stereocenters. The highest BCUT2D eigenvalue weighted by atomic mass is 79.9. The molecule has 0 bridgehead atoms. The van der Waals surface area contributed by atoms with Crippen LogP contribution < -0.4 is 5.32 Å². The van der Waals surface area contributed by atoms with Gasteiger partial charge < -0.3 is 5.32 Å². The summed E-state index contributed by atoms with van der Waals surface area (Å²) >= 11 is 5.02. The lowest BCUT2D eigenvalue weighted by Gasteiger charge is -2.10. The molecule has 2 aromatic rings. The molecule has 2 nitrogen and oxygen atoms in total. The number of nitrogens with one attached hydrogen (secondary N) is 1. The van der Waals surface area contributed by atoms with E-state index in [9.17, 15) is 4.79 Å². The second-order valence-electron chi connectivity index (χ2n) is 4.14. The molecule has 0 aliphatic heterocycles. The molecule has 4 heteroatoms. The predicted octanol–water partition coefficient (Wildman–Crippen LogP) is 4.73. The van der Waals surface area contributed by atoms with Crippen LogP contribution in [0.25, 0.3) is 0 Å². The summed E-state index contributed by atoms with van der Waals surface area (Å²) in [5.41, 5.74) is 2.60. The zero-order chi connectivity index (χ0) is 13.8. The monoisotopic (exact) mass is 335 g/mol. The van der Waals surface area contributed by atoms with Crippen LogP contribution in [0.5, 0.6) is 0 Å². The minimum atomic E-state index is -0.0868. The van der Waals surface area contributed by atoms with Crippen molar-refractivity contribution in [3.63, 3.8) is 0 Å². The molecular formula is C15H14BrNOS. The van der Waals surface area contributed by atoms with E-state index in [1.54, 1.807) is 11.8 Å². The van der Waals surface area contributed by atoms with Crippen molar-refractivity contribution in [2.75, 3.05) is 11.6 Å². The average molecular weight is 336 g/mol. The Morgan fingerprint density at radius 3 is 2.68 bits per heavy atom. The van der Waals surface area contributed by atoms with Crippen LogP contribution in [0.4, 0.5) is 5.69 Å². The maximum Gasteiger partial charge on any atom is 0.256 e. The molecule has 0 saturated carbocycles. The van der Waals surface area contributed by atoms with Gasteiger partial charge in [0.1, 0.15) is 0 Å². The second kappa shape index (κ2) is 6.26. The SMILES string of the molecule is CSc1ccccc1C(=O)Nc1cc(C)ccc1Br. The number of anilines is 1. The summed E-state index contributed by atoms with van der Waals surface area (Å²) < 4.78 is 0.882. The van der Waals surface area contributed by atoms with E-state index in [0.29, 0.717) is 5.56 Å². The van der Waals surface area contributed by atoms with Crippen molar-refractivity contribution in [3.8, 4) is 0 Å². The lowest BCUT2D eigenvalue weighted by Crippen LogP contribution is -2.13. The van der Waals surface area contributed by atoms with Crippen LogP contribution in [0.2, 0.25) is 0 Å². The van der Waals surface area contributed by atoms with Crippen molar-refractivity contribution in [2.24, 2.45) is 0 Å². The summed E-state index contributed by atoms with van der Waals surface area (Å²) in [6.45, 7) is 2.00. The van der Waals surface area contributed by atoms with Gasteiger partial charge in [0.05, 0.1) is 11.3 Å². The number of hydrogen-bond donors (Lipinski definition) is 1. The highest BCUT2D eigenvalue weighted by Gasteiger charge is 2.11. The van der Waals surface area contributed by atoms with Crippen LogP contribution >= 0.6 is 27.7 Å². The summed E-state index contributed by atoms with van der Waals surface area (Å²) in [5.74, 6) is -0.0868. The van der Waals surface area contributed by atoms with Gasteiger partial charge in [-0.3, -0.25) is 4.79 Å². The van der Waals surface area contributed by atoms with Crippen molar-refractivity contribution < 1.29 is 4.79 Å². The van der Waals surface area contributed by atoms with Crippen LogP contribution in [-0.4, -0.2) is 12.2 Å². The van der Waals surface area contributed by atoms with E-state index < -0.39 is 0 Å². The largest absolute Gasteiger partial charge is 0.321 e. The smallest absolute Gasteiger partial charge is 0.256 e. The molecule has 98 valence electrons. The van der Waals surface area contributed by atoms with E-state index in [4.69, 9.17) is 0 Å². The van der Waals surface area contributed by atoms with Gasteiger partial charge in [0, 0.05) is 9.37 Å². The fraction of sp³-hybridized carbons (Fsp3) is 0.133. The fourth-order valence-corrected chi connectivity index (χ4v) is 2.70. The van der Waals surface area contributed by atoms with Crippen molar-refractivity contribution in [2.45, 2.75) is 11.8 Å². The molecule has 2 aromatic carbocycles. The highest BCUT2D eigenvalue weighted by molar-refractivity contribution is 9.10. The zero-order valence-corrected chi connectivity index (χ0v) is 13.1. The summed E-state index contributed by atoms with van der Waals surface area (Å²) in [6, 6.07) is 13.5. The molecule has 2 rings (SSSR count). The first kappa shape index (κ1) is 14.2. The van der Waals surface area contributed by atoms with Crippen LogP contribution in [0.15, 0.2) is 51.8 Å². The van der Waals surface area contributed by atoms with Gasteiger partial charge in [-0.05, 0) is 58.9 Å². The Bertz CT molecular complexity index is 613. The first-order valence-electron chi connectivity index (χ1n) is 5.82. The third-order valence-electron chi connectivity index (χ3n) is 2.72. The molecule has 0 aliphatic rings. The van der Waals surface area contributed by atoms with Crippen LogP contribution in [0, 0.1) is 6.92 Å². The van der Waals surface area contributed by atoms with E-state index in [1.165, 1.54) is 0 Å². The lowest BCUT2D eigenvalue weighted by molar-refractivity contribution is 0.102. The molecule has 0 aliphatic carbocycles. The average Bonchev–Trinajstić information content (AvgIpc) is 2.42. The normalized spacial score (nSPS) is 10.3. The Morgan fingerprint density at radius 1 is 1.21 bits per heavy atom. The number of halogens is 1. The highest BCUT2D eigenvalue weighted by Crippen LogP contribution is 2.26. The quantitative estimate of drug-likeness (QED) is 0.821. The van der Waals surface area contributed by atoms with Crippen molar-refractivity contribution in [1.82, 2.24) is 0 Å². The fourth-order valence-electron chi connectivity index (χ4n) is 1.76. The lowest BCUT2D eigenvalue weighted by atomic mass is 10.2. The molecule has 0 aromatic heterocycles. The summed E-state index contributed by atoms with van der Waals surface area (Å²) in [7, 11) is 0. The topological polar surface area (TPSA) is 29.1 Å². The Morgan fingerprint density at radius 2 is 1.95 bits per heavy atom. The van der Waals surface area contributed by atoms with Gasteiger partial charge in [-0.15, -0.1) is 11.8 Å². The third-order valence-corrected chi connectivity index (χ3v) is 4.21. The molecular weight excluding hydrogens is 322 g/mol. The van der Waals surface area contributed by atoms with Gasteiger partial charge in [-0.1, -0.05) is 18.2 Å². The first-order valence-corrected chi connectivity index (χ1v) is 7.84. The minimum absolute atomic E-state index is 0.0868. The molecule has 0 radical (unpaired) electrons. The minimum Gasteiger partial charge on any atom is -0.321 e. The van der Waals surface area contributed by atoms with Gasteiger partial charge in [-0.2, -0.15) is 0 Å². The number of rotatable bonds is 3. The van der Waals surface area contributed by atoms with E-state index in [0.717, 1.165) is 20.6 Å². The van der Waals surface area contributed by atoms with E-state index in [-0.39, 0.29) is 5.91 Å². The number of hydrogen-bond acceptors (Lipinski definition) is 2. The number of thioether (sulfide) groups is 1. The number of carbonyl (C=O) groups excluding carboxylic acids is 1. The molecule has 19 heavy (non-hydrogen) atoms. The molecule has 1 amide bonds. The standard InChI is InChI=1S/C15H14BrNOS/c1-10-7-8-12(16)13(9-10)17-15(18)11-5-3-4-6-14(11)19-2/h3-9H,1-2H3,(H,17,18). The molecule has 1 N–H and O–H groups in total. The maximum absolute atomic E-state index is 12.3. The Hall–Kier alpha value is -1.26. The predicted molar refractivity (Wildman–Crippen MR) is 85.1 cm³/mol. The number of carbonyl (C=O) groups is 1. The maximum atomic E-state index is 12.3. The molecule has 0 saturated heterocycles. The van der Waals surface area contributed by atoms with Gasteiger partial charge in [0.15, 0.2) is 0 Å². The Kier molecular flexibility index (Phi) is 4.66. The third kappa shape index (κ3) is 3.39. The van der Waals surface area contributed by atoms with E-state index >= 15 is 0 Å².